The lowest BCUT2D eigenvalue weighted by molar-refractivity contribution is -0.117. The molecular formula is C26H28FN5O. The van der Waals surface area contributed by atoms with Crippen molar-refractivity contribution in [2.24, 2.45) is 15.7 Å². The molecule has 0 saturated carbocycles. The van der Waals surface area contributed by atoms with Crippen molar-refractivity contribution in [1.82, 2.24) is 10.2 Å². The number of nitrogens with one attached hydrogen (secondary N) is 1. The number of aliphatic imine (C=N–C) groups is 2. The van der Waals surface area contributed by atoms with E-state index >= 15 is 4.39 Å². The quantitative estimate of drug-likeness (QED) is 0.386. The Hall–Kier alpha value is -4.00. The lowest BCUT2D eigenvalue weighted by Gasteiger charge is -2.22. The van der Waals surface area contributed by atoms with Crippen molar-refractivity contribution < 1.29 is 9.18 Å². The summed E-state index contributed by atoms with van der Waals surface area (Å²) in [6.07, 6.45) is 0.182. The largest absolute Gasteiger partial charge is 0.369 e. The zero-order valence-electron chi connectivity index (χ0n) is 18.9. The van der Waals surface area contributed by atoms with Gasteiger partial charge in [-0.2, -0.15) is 4.39 Å². The molecule has 1 amide bonds. The molecule has 170 valence electrons. The second-order valence-corrected chi connectivity index (χ2v) is 7.68. The number of hydrogen-bond acceptors (Lipinski definition) is 4. The number of carbonyl (C=O) groups excluding carboxylic acids is 1. The van der Waals surface area contributed by atoms with Crippen LogP contribution in [-0.4, -0.2) is 37.5 Å². The van der Waals surface area contributed by atoms with Crippen molar-refractivity contribution in [2.45, 2.75) is 19.5 Å². The van der Waals surface area contributed by atoms with Gasteiger partial charge in [-0.15, -0.1) is 0 Å². The van der Waals surface area contributed by atoms with Crippen LogP contribution in [-0.2, 0) is 24.3 Å². The van der Waals surface area contributed by atoms with Crippen molar-refractivity contribution >= 4 is 29.2 Å². The number of halogens is 1. The van der Waals surface area contributed by atoms with Crippen LogP contribution in [0.3, 0.4) is 0 Å². The molecule has 0 aromatic heterocycles. The first-order chi connectivity index (χ1) is 15.9. The van der Waals surface area contributed by atoms with E-state index in [4.69, 9.17) is 5.73 Å². The van der Waals surface area contributed by atoms with Gasteiger partial charge < -0.3 is 16.0 Å². The number of nitrogens with zero attached hydrogens (tertiary/aromatic N) is 3. The van der Waals surface area contributed by atoms with Crippen molar-refractivity contribution in [3.63, 3.8) is 0 Å². The van der Waals surface area contributed by atoms with Gasteiger partial charge in [-0.3, -0.25) is 9.79 Å². The smallest absolute Gasteiger partial charge is 0.221 e. The van der Waals surface area contributed by atoms with Crippen LogP contribution < -0.4 is 11.1 Å². The number of fused-ring (bicyclic) bond motifs is 1. The minimum absolute atomic E-state index is 0.0154. The van der Waals surface area contributed by atoms with E-state index in [0.717, 1.165) is 27.5 Å². The molecule has 0 atom stereocenters. The fourth-order valence-corrected chi connectivity index (χ4v) is 3.67. The Bertz CT molecular complexity index is 1200. The minimum Gasteiger partial charge on any atom is -0.369 e. The minimum atomic E-state index is -0.583. The first-order valence-electron chi connectivity index (χ1n) is 10.5. The number of amidine groups is 1. The molecule has 3 aromatic carbocycles. The molecule has 7 heteroatoms. The van der Waals surface area contributed by atoms with Gasteiger partial charge in [0.15, 0.2) is 11.7 Å². The molecule has 0 saturated heterocycles. The Morgan fingerprint density at radius 2 is 1.73 bits per heavy atom. The summed E-state index contributed by atoms with van der Waals surface area (Å²) in [5, 5.41) is 5.23. The van der Waals surface area contributed by atoms with Crippen LogP contribution in [0.25, 0.3) is 10.8 Å². The van der Waals surface area contributed by atoms with Crippen LogP contribution in [0.4, 0.5) is 4.39 Å². The Morgan fingerprint density at radius 1 is 1.06 bits per heavy atom. The Balaban J connectivity index is 1.74. The maximum absolute atomic E-state index is 15.4. The van der Waals surface area contributed by atoms with E-state index in [9.17, 15) is 4.79 Å². The molecule has 33 heavy (non-hydrogen) atoms. The van der Waals surface area contributed by atoms with E-state index in [0.29, 0.717) is 13.1 Å². The molecule has 3 aromatic rings. The molecule has 0 spiro atoms. The summed E-state index contributed by atoms with van der Waals surface area (Å²) in [7, 11) is 3.34. The van der Waals surface area contributed by atoms with Gasteiger partial charge >= 0.3 is 0 Å². The summed E-state index contributed by atoms with van der Waals surface area (Å²) in [5.41, 5.74) is 8.02. The topological polar surface area (TPSA) is 83.1 Å². The van der Waals surface area contributed by atoms with Crippen LogP contribution in [0, 0.1) is 0 Å². The standard InChI is InChI=1S/C26H28FN5O/c1-29-25(31-16-19-13-11-18(12-14-19)15-23(28)33)24(27)26(30-2)32(3)17-21-9-6-8-20-7-4-5-10-22(20)21/h4-14,31H,1,15-17H2,2-3H3,(H2,28,33)/b25-24-,30-26?. The highest BCUT2D eigenvalue weighted by Gasteiger charge is 2.18. The van der Waals surface area contributed by atoms with E-state index in [2.05, 4.69) is 40.2 Å². The molecular weight excluding hydrogens is 417 g/mol. The number of rotatable bonds is 9. The van der Waals surface area contributed by atoms with Crippen LogP contribution in [0.1, 0.15) is 16.7 Å². The maximum Gasteiger partial charge on any atom is 0.221 e. The molecule has 0 unspecified atom stereocenters. The summed E-state index contributed by atoms with van der Waals surface area (Å²) >= 11 is 0. The van der Waals surface area contributed by atoms with Crippen molar-refractivity contribution in [1.29, 1.82) is 0 Å². The molecule has 3 rings (SSSR count). The van der Waals surface area contributed by atoms with Crippen LogP contribution in [0.15, 0.2) is 88.4 Å². The summed E-state index contributed by atoms with van der Waals surface area (Å²) in [4.78, 5) is 20.8. The second kappa shape index (κ2) is 11.0. The Kier molecular flexibility index (Phi) is 7.91. The van der Waals surface area contributed by atoms with E-state index < -0.39 is 5.83 Å². The fraction of sp³-hybridized carbons (Fsp3) is 0.192. The molecule has 0 aliphatic heterocycles. The van der Waals surface area contributed by atoms with Gasteiger partial charge in [0.1, 0.15) is 0 Å². The van der Waals surface area contributed by atoms with Gasteiger partial charge in [0.2, 0.25) is 11.7 Å². The van der Waals surface area contributed by atoms with E-state index in [1.807, 2.05) is 48.5 Å². The van der Waals surface area contributed by atoms with E-state index in [-0.39, 0.29) is 24.0 Å². The highest BCUT2D eigenvalue weighted by atomic mass is 19.1. The average molecular weight is 446 g/mol. The van der Waals surface area contributed by atoms with Crippen molar-refractivity contribution in [3.05, 3.63) is 95.1 Å². The van der Waals surface area contributed by atoms with Gasteiger partial charge in [-0.25, -0.2) is 4.99 Å². The fourth-order valence-electron chi connectivity index (χ4n) is 3.67. The highest BCUT2D eigenvalue weighted by molar-refractivity contribution is 5.97. The highest BCUT2D eigenvalue weighted by Crippen LogP contribution is 2.21. The van der Waals surface area contributed by atoms with Crippen LogP contribution in [0.2, 0.25) is 0 Å². The van der Waals surface area contributed by atoms with Gasteiger partial charge in [0.05, 0.1) is 6.42 Å². The summed E-state index contributed by atoms with van der Waals surface area (Å²) < 4.78 is 15.4. The first kappa shape index (κ1) is 23.7. The molecule has 0 radical (unpaired) electrons. The first-order valence-corrected chi connectivity index (χ1v) is 10.5. The number of hydrogen-bond donors (Lipinski definition) is 2. The monoisotopic (exact) mass is 445 g/mol. The Labute approximate surface area is 193 Å². The van der Waals surface area contributed by atoms with Crippen molar-refractivity contribution in [3.8, 4) is 0 Å². The third-order valence-corrected chi connectivity index (χ3v) is 5.28. The lowest BCUT2D eigenvalue weighted by atomic mass is 10.0. The maximum atomic E-state index is 15.4. The van der Waals surface area contributed by atoms with Gasteiger partial charge in [-0.1, -0.05) is 66.7 Å². The number of primary amides is 1. The van der Waals surface area contributed by atoms with Gasteiger partial charge in [0, 0.05) is 27.2 Å². The summed E-state index contributed by atoms with van der Waals surface area (Å²) in [5.74, 6) is -0.778. The molecule has 6 nitrogen and oxygen atoms in total. The third kappa shape index (κ3) is 6.04. The molecule has 0 aliphatic carbocycles. The second-order valence-electron chi connectivity index (χ2n) is 7.68. The summed E-state index contributed by atoms with van der Waals surface area (Å²) in [6.45, 7) is 4.32. The number of nitrogens with two attached hydrogens (primary N) is 1. The number of likely N-dealkylation sites (N-methyl/N-ethyl adjacent to an activating group) is 1. The Morgan fingerprint density at radius 3 is 2.39 bits per heavy atom. The van der Waals surface area contributed by atoms with Crippen LogP contribution in [0.5, 0.6) is 0 Å². The zero-order valence-corrected chi connectivity index (χ0v) is 18.9. The predicted molar refractivity (Wildman–Crippen MR) is 133 cm³/mol. The predicted octanol–water partition coefficient (Wildman–Crippen LogP) is 3.96. The normalized spacial score (nSPS) is 12.3. The molecule has 0 aliphatic rings. The molecule has 3 N–H and O–H groups in total. The number of carbonyl (C=O) groups is 1. The van der Waals surface area contributed by atoms with Gasteiger partial charge in [-0.05, 0) is 34.2 Å². The molecule has 0 fully saturated rings. The number of amides is 1. The lowest BCUT2D eigenvalue weighted by Crippen LogP contribution is -2.29. The average Bonchev–Trinajstić information content (AvgIpc) is 2.81. The number of benzene rings is 3. The van der Waals surface area contributed by atoms with Crippen molar-refractivity contribution in [2.75, 3.05) is 14.1 Å². The van der Waals surface area contributed by atoms with E-state index in [1.54, 1.807) is 19.0 Å². The third-order valence-electron chi connectivity index (χ3n) is 5.28. The summed E-state index contributed by atoms with van der Waals surface area (Å²) in [6, 6.07) is 21.5. The SMILES string of the molecule is C=N/C(NCc1ccc(CC(N)=O)cc1)=C(/F)C(=NC)N(C)Cc1cccc2ccccc12. The molecule has 0 heterocycles. The molecule has 0 bridgehead atoms. The van der Waals surface area contributed by atoms with Crippen LogP contribution >= 0.6 is 0 Å². The van der Waals surface area contributed by atoms with Gasteiger partial charge in [0.25, 0.3) is 0 Å². The van der Waals surface area contributed by atoms with E-state index in [1.165, 1.54) is 0 Å². The zero-order chi connectivity index (χ0) is 23.8.